The highest BCUT2D eigenvalue weighted by molar-refractivity contribution is 5.44. The average Bonchev–Trinajstić information content (AvgIpc) is 2.21. The molecule has 0 heterocycles. The fourth-order valence-electron chi connectivity index (χ4n) is 1.98. The molecule has 2 aliphatic carbocycles. The number of alkyl halides is 3. The first kappa shape index (κ1) is 12.0. The van der Waals surface area contributed by atoms with Crippen molar-refractivity contribution in [2.24, 2.45) is 5.92 Å². The Bertz CT molecular complexity index is 439. The lowest BCUT2D eigenvalue weighted by Gasteiger charge is -2.37. The summed E-state index contributed by atoms with van der Waals surface area (Å²) >= 11 is 0. The smallest absolute Gasteiger partial charge is 0.407 e. The van der Waals surface area contributed by atoms with Gasteiger partial charge in [0.15, 0.2) is 0 Å². The standard InChI is InChI=1S/C12H11F3O2/c1-11(16)9-5-3-2-4-8(9)6-7-10(11)17-12(13,14)15/h2-7,9,16H,1H3. The van der Waals surface area contributed by atoms with Gasteiger partial charge in [0.2, 0.25) is 0 Å². The highest BCUT2D eigenvalue weighted by atomic mass is 19.4. The normalized spacial score (nSPS) is 31.7. The van der Waals surface area contributed by atoms with Gasteiger partial charge in [-0.2, -0.15) is 0 Å². The van der Waals surface area contributed by atoms with E-state index in [9.17, 15) is 18.3 Å². The van der Waals surface area contributed by atoms with Crippen LogP contribution in [0.3, 0.4) is 0 Å². The van der Waals surface area contributed by atoms with Gasteiger partial charge in [0, 0.05) is 5.92 Å². The molecule has 0 saturated heterocycles. The predicted molar refractivity (Wildman–Crippen MR) is 55.7 cm³/mol. The highest BCUT2D eigenvalue weighted by Crippen LogP contribution is 2.40. The Balaban J connectivity index is 2.34. The van der Waals surface area contributed by atoms with Gasteiger partial charge in [0.25, 0.3) is 0 Å². The molecule has 0 aromatic heterocycles. The van der Waals surface area contributed by atoms with Gasteiger partial charge in [0.05, 0.1) is 0 Å². The topological polar surface area (TPSA) is 29.5 Å². The zero-order chi connectivity index (χ0) is 12.7. The number of aliphatic hydroxyl groups is 1. The number of fused-ring (bicyclic) bond motifs is 1. The maximum Gasteiger partial charge on any atom is 0.572 e. The first-order valence-electron chi connectivity index (χ1n) is 5.06. The van der Waals surface area contributed by atoms with E-state index in [1.54, 1.807) is 24.3 Å². The molecule has 0 fully saturated rings. The Kier molecular flexibility index (Phi) is 2.66. The predicted octanol–water partition coefficient (Wildman–Crippen LogP) is 2.84. The number of ether oxygens (including phenoxy) is 1. The third-order valence-electron chi connectivity index (χ3n) is 2.82. The van der Waals surface area contributed by atoms with Crippen LogP contribution in [0.15, 0.2) is 47.8 Å². The van der Waals surface area contributed by atoms with E-state index in [0.29, 0.717) is 0 Å². The summed E-state index contributed by atoms with van der Waals surface area (Å²) in [6.45, 7) is 1.31. The molecule has 2 nitrogen and oxygen atoms in total. The van der Waals surface area contributed by atoms with Crippen molar-refractivity contribution < 1.29 is 23.0 Å². The second-order valence-corrected chi connectivity index (χ2v) is 4.11. The third-order valence-corrected chi connectivity index (χ3v) is 2.82. The van der Waals surface area contributed by atoms with Crippen LogP contribution in [0, 0.1) is 5.92 Å². The van der Waals surface area contributed by atoms with Crippen molar-refractivity contribution in [1.82, 2.24) is 0 Å². The van der Waals surface area contributed by atoms with E-state index < -0.39 is 23.6 Å². The summed E-state index contributed by atoms with van der Waals surface area (Å²) in [5, 5.41) is 10.2. The minimum atomic E-state index is -4.80. The number of rotatable bonds is 1. The van der Waals surface area contributed by atoms with Crippen LogP contribution >= 0.6 is 0 Å². The molecule has 2 atom stereocenters. The van der Waals surface area contributed by atoms with Crippen molar-refractivity contribution in [3.63, 3.8) is 0 Å². The van der Waals surface area contributed by atoms with Crippen LogP contribution in [0.5, 0.6) is 0 Å². The van der Waals surface area contributed by atoms with Gasteiger partial charge in [-0.25, -0.2) is 0 Å². The Morgan fingerprint density at radius 2 is 2.00 bits per heavy atom. The van der Waals surface area contributed by atoms with E-state index in [1.165, 1.54) is 13.0 Å². The molecule has 92 valence electrons. The van der Waals surface area contributed by atoms with Gasteiger partial charge < -0.3 is 9.84 Å². The lowest BCUT2D eigenvalue weighted by Crippen LogP contribution is -2.41. The largest absolute Gasteiger partial charge is 0.572 e. The van der Waals surface area contributed by atoms with E-state index in [4.69, 9.17) is 0 Å². The molecule has 0 saturated carbocycles. The van der Waals surface area contributed by atoms with Crippen LogP contribution in [-0.4, -0.2) is 17.1 Å². The second-order valence-electron chi connectivity index (χ2n) is 4.11. The van der Waals surface area contributed by atoms with Crippen LogP contribution < -0.4 is 0 Å². The number of allylic oxidation sites excluding steroid dienone is 5. The fraction of sp³-hybridized carbons (Fsp3) is 0.333. The maximum atomic E-state index is 12.2. The molecule has 0 aromatic carbocycles. The molecule has 0 aliphatic heterocycles. The van der Waals surface area contributed by atoms with Crippen molar-refractivity contribution in [3.8, 4) is 0 Å². The molecule has 0 spiro atoms. The van der Waals surface area contributed by atoms with Crippen molar-refractivity contribution in [1.29, 1.82) is 0 Å². The minimum absolute atomic E-state index is 0.487. The molecule has 0 aromatic rings. The summed E-state index contributed by atoms with van der Waals surface area (Å²) in [7, 11) is 0. The van der Waals surface area contributed by atoms with Gasteiger partial charge in [-0.3, -0.25) is 0 Å². The number of hydrogen-bond acceptors (Lipinski definition) is 2. The molecular formula is C12H11F3O2. The zero-order valence-corrected chi connectivity index (χ0v) is 9.03. The molecule has 1 N–H and O–H groups in total. The second kappa shape index (κ2) is 3.77. The summed E-state index contributed by atoms with van der Waals surface area (Å²) in [5.74, 6) is -1.01. The van der Waals surface area contributed by atoms with E-state index >= 15 is 0 Å². The van der Waals surface area contributed by atoms with Gasteiger partial charge >= 0.3 is 6.36 Å². The molecular weight excluding hydrogens is 233 g/mol. The molecule has 2 rings (SSSR count). The molecule has 5 heteroatoms. The quantitative estimate of drug-likeness (QED) is 0.768. The lowest BCUT2D eigenvalue weighted by molar-refractivity contribution is -0.315. The molecule has 2 unspecified atom stereocenters. The van der Waals surface area contributed by atoms with Crippen LogP contribution in [0.4, 0.5) is 13.2 Å². The minimum Gasteiger partial charge on any atom is -0.407 e. The molecule has 2 aliphatic rings. The SMILES string of the molecule is CC1(O)C(OC(F)(F)F)=CC=C2C=CC=CC21. The van der Waals surface area contributed by atoms with Gasteiger partial charge in [-0.15, -0.1) is 13.2 Å². The number of halogens is 3. The van der Waals surface area contributed by atoms with Crippen LogP contribution in [0.25, 0.3) is 0 Å². The Morgan fingerprint density at radius 1 is 1.29 bits per heavy atom. The molecule has 17 heavy (non-hydrogen) atoms. The van der Waals surface area contributed by atoms with Crippen molar-refractivity contribution in [2.75, 3.05) is 0 Å². The molecule has 0 radical (unpaired) electrons. The Hall–Kier alpha value is -1.49. The first-order chi connectivity index (χ1) is 7.81. The van der Waals surface area contributed by atoms with E-state index in [2.05, 4.69) is 4.74 Å². The van der Waals surface area contributed by atoms with Crippen LogP contribution in [0.1, 0.15) is 6.92 Å². The van der Waals surface area contributed by atoms with E-state index in [-0.39, 0.29) is 0 Å². The van der Waals surface area contributed by atoms with Crippen molar-refractivity contribution in [2.45, 2.75) is 18.9 Å². The van der Waals surface area contributed by atoms with Gasteiger partial charge in [-0.05, 0) is 18.6 Å². The van der Waals surface area contributed by atoms with Gasteiger partial charge in [0.1, 0.15) is 11.4 Å². The summed E-state index contributed by atoms with van der Waals surface area (Å²) in [4.78, 5) is 0. The average molecular weight is 244 g/mol. The van der Waals surface area contributed by atoms with Crippen LogP contribution in [0.2, 0.25) is 0 Å². The van der Waals surface area contributed by atoms with Gasteiger partial charge in [-0.1, -0.05) is 30.4 Å². The van der Waals surface area contributed by atoms with E-state index in [1.807, 2.05) is 0 Å². The summed E-state index contributed by atoms with van der Waals surface area (Å²) in [6.07, 6.45) is 4.73. The first-order valence-corrected chi connectivity index (χ1v) is 5.06. The summed E-state index contributed by atoms with van der Waals surface area (Å²) in [6, 6.07) is 0. The molecule has 0 amide bonds. The molecule has 0 bridgehead atoms. The maximum absolute atomic E-state index is 12.2. The fourth-order valence-corrected chi connectivity index (χ4v) is 1.98. The third kappa shape index (κ3) is 2.29. The lowest BCUT2D eigenvalue weighted by atomic mass is 9.76. The highest BCUT2D eigenvalue weighted by Gasteiger charge is 2.44. The zero-order valence-electron chi connectivity index (χ0n) is 9.03. The van der Waals surface area contributed by atoms with E-state index in [0.717, 1.165) is 11.6 Å². The van der Waals surface area contributed by atoms with Crippen LogP contribution in [-0.2, 0) is 4.74 Å². The Morgan fingerprint density at radius 3 is 2.65 bits per heavy atom. The summed E-state index contributed by atoms with van der Waals surface area (Å²) in [5.41, 5.74) is -0.937. The van der Waals surface area contributed by atoms with Crippen molar-refractivity contribution in [3.05, 3.63) is 47.8 Å². The summed E-state index contributed by atoms with van der Waals surface area (Å²) < 4.78 is 40.4. The monoisotopic (exact) mass is 244 g/mol. The van der Waals surface area contributed by atoms with Crippen molar-refractivity contribution >= 4 is 0 Å². The number of hydrogen-bond donors (Lipinski definition) is 1. The Labute approximate surface area is 96.4 Å².